The minimum absolute atomic E-state index is 0.0177. The van der Waals surface area contributed by atoms with E-state index in [2.05, 4.69) is 54.5 Å². The summed E-state index contributed by atoms with van der Waals surface area (Å²) in [4.78, 5) is 16.8. The average Bonchev–Trinajstić information content (AvgIpc) is 3.03. The zero-order valence-corrected chi connectivity index (χ0v) is 15.8. The van der Waals surface area contributed by atoms with Crippen molar-refractivity contribution in [2.75, 3.05) is 0 Å². The Balaban J connectivity index is 1.54. The van der Waals surface area contributed by atoms with E-state index >= 15 is 0 Å². The third kappa shape index (κ3) is 4.45. The summed E-state index contributed by atoms with van der Waals surface area (Å²) in [6.45, 7) is 6.39. The number of aromatic nitrogens is 1. The molecule has 1 amide bonds. The molecule has 0 aliphatic carbocycles. The molecule has 0 saturated carbocycles. The Labute approximate surface area is 153 Å². The summed E-state index contributed by atoms with van der Waals surface area (Å²) in [5.41, 5.74) is 3.47. The molecule has 0 fully saturated rings. The van der Waals surface area contributed by atoms with Crippen LogP contribution in [0.3, 0.4) is 0 Å². The molecule has 4 heteroatoms. The number of para-hydroxylation sites is 1. The van der Waals surface area contributed by atoms with E-state index in [4.69, 9.17) is 0 Å². The van der Waals surface area contributed by atoms with Crippen molar-refractivity contribution in [3.05, 3.63) is 64.7 Å². The third-order valence-corrected chi connectivity index (χ3v) is 5.48. The predicted octanol–water partition coefficient (Wildman–Crippen LogP) is 5.23. The number of amides is 1. The molecule has 0 aliphatic rings. The van der Waals surface area contributed by atoms with Gasteiger partial charge in [0.2, 0.25) is 5.91 Å². The van der Waals surface area contributed by atoms with Gasteiger partial charge in [0, 0.05) is 12.8 Å². The number of aryl methyl sites for hydroxylation is 1. The van der Waals surface area contributed by atoms with Crippen molar-refractivity contribution in [2.24, 2.45) is 0 Å². The lowest BCUT2D eigenvalue weighted by Crippen LogP contribution is -2.26. The summed E-state index contributed by atoms with van der Waals surface area (Å²) in [5.74, 6) is 0.590. The maximum Gasteiger partial charge on any atom is 0.220 e. The summed E-state index contributed by atoms with van der Waals surface area (Å²) in [7, 11) is 0. The van der Waals surface area contributed by atoms with Crippen LogP contribution in [0, 0.1) is 0 Å². The molecule has 1 aromatic heterocycles. The number of carbonyl (C=O) groups excluding carboxylic acids is 1. The Morgan fingerprint density at radius 1 is 1.04 bits per heavy atom. The fraction of sp³-hybridized carbons (Fsp3) is 0.333. The van der Waals surface area contributed by atoms with Crippen LogP contribution in [-0.2, 0) is 11.2 Å². The summed E-state index contributed by atoms with van der Waals surface area (Å²) in [6, 6.07) is 16.6. The lowest BCUT2D eigenvalue weighted by molar-refractivity contribution is -0.121. The van der Waals surface area contributed by atoms with E-state index in [9.17, 15) is 4.79 Å². The Morgan fingerprint density at radius 3 is 2.40 bits per heavy atom. The van der Waals surface area contributed by atoms with Gasteiger partial charge < -0.3 is 5.32 Å². The van der Waals surface area contributed by atoms with Gasteiger partial charge in [-0.25, -0.2) is 4.98 Å². The second-order valence-corrected chi connectivity index (χ2v) is 7.80. The summed E-state index contributed by atoms with van der Waals surface area (Å²) < 4.78 is 1.18. The highest BCUT2D eigenvalue weighted by molar-refractivity contribution is 7.18. The van der Waals surface area contributed by atoms with Crippen molar-refractivity contribution < 1.29 is 4.79 Å². The fourth-order valence-electron chi connectivity index (χ4n) is 2.81. The Hall–Kier alpha value is -2.20. The number of carbonyl (C=O) groups is 1. The molecule has 1 heterocycles. The van der Waals surface area contributed by atoms with E-state index in [1.807, 2.05) is 25.1 Å². The van der Waals surface area contributed by atoms with Gasteiger partial charge in [0.25, 0.3) is 0 Å². The van der Waals surface area contributed by atoms with Crippen LogP contribution < -0.4 is 5.32 Å². The maximum absolute atomic E-state index is 12.3. The molecule has 25 heavy (non-hydrogen) atoms. The minimum Gasteiger partial charge on any atom is -0.350 e. The Kier molecular flexibility index (Phi) is 5.49. The second-order valence-electron chi connectivity index (χ2n) is 6.69. The molecule has 1 N–H and O–H groups in total. The van der Waals surface area contributed by atoms with Gasteiger partial charge in [-0.2, -0.15) is 0 Å². The van der Waals surface area contributed by atoms with E-state index in [1.165, 1.54) is 10.3 Å². The van der Waals surface area contributed by atoms with Crippen LogP contribution in [0.4, 0.5) is 0 Å². The Bertz CT molecular complexity index is 819. The largest absolute Gasteiger partial charge is 0.350 e. The van der Waals surface area contributed by atoms with Crippen LogP contribution >= 0.6 is 11.3 Å². The van der Waals surface area contributed by atoms with E-state index in [1.54, 1.807) is 11.3 Å². The van der Waals surface area contributed by atoms with Crippen LogP contribution in [0.15, 0.2) is 48.5 Å². The highest BCUT2D eigenvalue weighted by Crippen LogP contribution is 2.23. The van der Waals surface area contributed by atoms with Crippen LogP contribution in [-0.4, -0.2) is 10.9 Å². The van der Waals surface area contributed by atoms with Crippen LogP contribution in [0.1, 0.15) is 55.3 Å². The molecule has 0 aliphatic heterocycles. The number of hydrogen-bond donors (Lipinski definition) is 1. The topological polar surface area (TPSA) is 42.0 Å². The van der Waals surface area contributed by atoms with Crippen molar-refractivity contribution in [3.8, 4) is 0 Å². The van der Waals surface area contributed by atoms with Gasteiger partial charge in [0.1, 0.15) is 0 Å². The van der Waals surface area contributed by atoms with Crippen molar-refractivity contribution in [1.29, 1.82) is 0 Å². The first kappa shape index (κ1) is 17.6. The first-order chi connectivity index (χ1) is 12.0. The second kappa shape index (κ2) is 7.79. The number of rotatable bonds is 6. The van der Waals surface area contributed by atoms with E-state index < -0.39 is 0 Å². The predicted molar refractivity (Wildman–Crippen MR) is 105 cm³/mol. The van der Waals surface area contributed by atoms with Crippen molar-refractivity contribution in [2.45, 2.75) is 45.6 Å². The third-order valence-electron chi connectivity index (χ3n) is 4.38. The van der Waals surface area contributed by atoms with Gasteiger partial charge in [-0.05, 0) is 36.1 Å². The molecule has 1 atom stereocenters. The number of hydrogen-bond acceptors (Lipinski definition) is 3. The first-order valence-corrected chi connectivity index (χ1v) is 9.58. The van der Waals surface area contributed by atoms with Gasteiger partial charge in [-0.15, -0.1) is 11.3 Å². The van der Waals surface area contributed by atoms with Gasteiger partial charge in [0.05, 0.1) is 21.3 Å². The first-order valence-electron chi connectivity index (χ1n) is 8.76. The summed E-state index contributed by atoms with van der Waals surface area (Å²) >= 11 is 1.67. The van der Waals surface area contributed by atoms with E-state index in [-0.39, 0.29) is 11.9 Å². The smallest absolute Gasteiger partial charge is 0.220 e. The number of thiazole rings is 1. The van der Waals surface area contributed by atoms with Gasteiger partial charge in [0.15, 0.2) is 0 Å². The highest BCUT2D eigenvalue weighted by Gasteiger charge is 2.11. The number of benzene rings is 2. The maximum atomic E-state index is 12.3. The van der Waals surface area contributed by atoms with Crippen molar-refractivity contribution in [1.82, 2.24) is 10.3 Å². The van der Waals surface area contributed by atoms with E-state index in [0.717, 1.165) is 16.1 Å². The molecule has 2 aromatic carbocycles. The van der Waals surface area contributed by atoms with Crippen LogP contribution in [0.2, 0.25) is 0 Å². The molecule has 3 rings (SSSR count). The SMILES string of the molecule is CC(C)c1ccc(C(C)NC(=O)CCc2nc3ccccc3s2)cc1. The fourth-order valence-corrected chi connectivity index (χ4v) is 3.78. The monoisotopic (exact) mass is 352 g/mol. The Morgan fingerprint density at radius 2 is 1.72 bits per heavy atom. The number of nitrogens with zero attached hydrogens (tertiary/aromatic N) is 1. The van der Waals surface area contributed by atoms with E-state index in [0.29, 0.717) is 18.8 Å². The number of nitrogens with one attached hydrogen (secondary N) is 1. The zero-order valence-electron chi connectivity index (χ0n) is 15.0. The molecule has 0 radical (unpaired) electrons. The lowest BCUT2D eigenvalue weighted by atomic mass is 9.99. The molecule has 0 bridgehead atoms. The minimum atomic E-state index is 0.0177. The van der Waals surface area contributed by atoms with Gasteiger partial charge in [-0.1, -0.05) is 50.2 Å². The average molecular weight is 353 g/mol. The lowest BCUT2D eigenvalue weighted by Gasteiger charge is -2.15. The zero-order chi connectivity index (χ0) is 17.8. The molecule has 3 nitrogen and oxygen atoms in total. The summed E-state index contributed by atoms with van der Waals surface area (Å²) in [6.07, 6.45) is 1.15. The normalized spacial score (nSPS) is 12.5. The van der Waals surface area contributed by atoms with Gasteiger partial charge >= 0.3 is 0 Å². The molecule has 3 aromatic rings. The highest BCUT2D eigenvalue weighted by atomic mass is 32.1. The molecule has 1 unspecified atom stereocenters. The molecular formula is C21H24N2OS. The summed E-state index contributed by atoms with van der Waals surface area (Å²) in [5, 5.41) is 4.11. The van der Waals surface area contributed by atoms with Crippen LogP contribution in [0.25, 0.3) is 10.2 Å². The van der Waals surface area contributed by atoms with Crippen molar-refractivity contribution >= 4 is 27.5 Å². The van der Waals surface area contributed by atoms with Crippen LogP contribution in [0.5, 0.6) is 0 Å². The standard InChI is InChI=1S/C21H24N2OS/c1-14(2)16-8-10-17(11-9-16)15(3)22-20(24)12-13-21-23-18-6-4-5-7-19(18)25-21/h4-11,14-15H,12-13H2,1-3H3,(H,22,24). The molecule has 130 valence electrons. The molecule has 0 saturated heterocycles. The quantitative estimate of drug-likeness (QED) is 0.660. The van der Waals surface area contributed by atoms with Crippen molar-refractivity contribution in [3.63, 3.8) is 0 Å². The molecule has 0 spiro atoms. The van der Waals surface area contributed by atoms with Gasteiger partial charge in [-0.3, -0.25) is 4.79 Å². The molecular weight excluding hydrogens is 328 g/mol. The number of fused-ring (bicyclic) bond motifs is 1.